The van der Waals surface area contributed by atoms with E-state index in [4.69, 9.17) is 9.47 Å². The van der Waals surface area contributed by atoms with Gasteiger partial charge in [0.15, 0.2) is 11.5 Å². The molecule has 1 saturated carbocycles. The topological polar surface area (TPSA) is 51.7 Å². The molecule has 0 aliphatic heterocycles. The molecule has 0 radical (unpaired) electrons. The molecule has 1 aromatic carbocycles. The van der Waals surface area contributed by atoms with Crippen molar-refractivity contribution in [2.75, 3.05) is 14.2 Å². The Bertz CT molecular complexity index is 712. The van der Waals surface area contributed by atoms with E-state index >= 15 is 0 Å². The summed E-state index contributed by atoms with van der Waals surface area (Å²) < 4.78 is 11.5. The number of ether oxygens (including phenoxy) is 2. The Morgan fingerprint density at radius 3 is 2.72 bits per heavy atom. The van der Waals surface area contributed by atoms with E-state index in [1.807, 2.05) is 18.2 Å². The second-order valence-corrected chi connectivity index (χ2v) is 6.41. The molecule has 0 saturated heterocycles. The minimum absolute atomic E-state index is 0.0606. The van der Waals surface area contributed by atoms with Crippen molar-refractivity contribution in [3.63, 3.8) is 0 Å². The number of hydrogen-bond acceptors (Lipinski definition) is 4. The third kappa shape index (κ3) is 4.29. The highest BCUT2D eigenvalue weighted by Gasteiger charge is 2.20. The zero-order valence-corrected chi connectivity index (χ0v) is 14.8. The van der Waals surface area contributed by atoms with Crippen LogP contribution in [0.4, 0.5) is 0 Å². The molecular formula is C20H24N2O3. The van der Waals surface area contributed by atoms with Gasteiger partial charge in [0.05, 0.1) is 13.2 Å². The molecule has 132 valence electrons. The number of rotatable bonds is 6. The van der Waals surface area contributed by atoms with E-state index in [2.05, 4.69) is 4.98 Å². The summed E-state index contributed by atoms with van der Waals surface area (Å²) in [5, 5.41) is 0. The van der Waals surface area contributed by atoms with Crippen molar-refractivity contribution in [2.24, 2.45) is 0 Å². The second-order valence-electron chi connectivity index (χ2n) is 6.41. The molecule has 1 aliphatic rings. The van der Waals surface area contributed by atoms with Gasteiger partial charge in [-0.1, -0.05) is 6.07 Å². The Kier molecular flexibility index (Phi) is 5.53. The summed E-state index contributed by atoms with van der Waals surface area (Å²) in [6, 6.07) is 9.21. The monoisotopic (exact) mass is 340 g/mol. The van der Waals surface area contributed by atoms with E-state index in [0.29, 0.717) is 23.6 Å². The first-order valence-corrected chi connectivity index (χ1v) is 8.66. The average molecular weight is 340 g/mol. The fraction of sp³-hybridized carbons (Fsp3) is 0.400. The van der Waals surface area contributed by atoms with Crippen molar-refractivity contribution in [2.45, 2.75) is 38.3 Å². The molecular weight excluding hydrogens is 316 g/mol. The lowest BCUT2D eigenvalue weighted by Crippen LogP contribution is -2.26. The summed E-state index contributed by atoms with van der Waals surface area (Å²) in [7, 11) is 3.38. The van der Waals surface area contributed by atoms with Crippen LogP contribution in [0.25, 0.3) is 0 Å². The van der Waals surface area contributed by atoms with Crippen LogP contribution in [-0.4, -0.2) is 36.1 Å². The average Bonchev–Trinajstić information content (AvgIpc) is 3.15. The van der Waals surface area contributed by atoms with Crippen LogP contribution in [0.3, 0.4) is 0 Å². The Hall–Kier alpha value is -2.56. The molecule has 0 bridgehead atoms. The van der Waals surface area contributed by atoms with Gasteiger partial charge in [-0.05, 0) is 55.5 Å². The summed E-state index contributed by atoms with van der Waals surface area (Å²) in [5.74, 6) is 1.25. The van der Waals surface area contributed by atoms with Crippen LogP contribution in [0.15, 0.2) is 42.7 Å². The third-order valence-corrected chi connectivity index (χ3v) is 4.50. The van der Waals surface area contributed by atoms with Crippen molar-refractivity contribution in [1.82, 2.24) is 9.88 Å². The van der Waals surface area contributed by atoms with Crippen molar-refractivity contribution >= 4 is 5.91 Å². The van der Waals surface area contributed by atoms with E-state index < -0.39 is 0 Å². The van der Waals surface area contributed by atoms with Gasteiger partial charge < -0.3 is 14.4 Å². The zero-order chi connectivity index (χ0) is 17.6. The van der Waals surface area contributed by atoms with E-state index in [1.165, 1.54) is 12.8 Å². The summed E-state index contributed by atoms with van der Waals surface area (Å²) >= 11 is 0. The van der Waals surface area contributed by atoms with Crippen LogP contribution in [0.2, 0.25) is 0 Å². The molecule has 1 aromatic heterocycles. The second kappa shape index (κ2) is 8.01. The maximum absolute atomic E-state index is 12.7. The maximum Gasteiger partial charge on any atom is 0.254 e. The highest BCUT2D eigenvalue weighted by Crippen LogP contribution is 2.32. The quantitative estimate of drug-likeness (QED) is 0.805. The third-order valence-electron chi connectivity index (χ3n) is 4.50. The molecule has 0 spiro atoms. The molecule has 25 heavy (non-hydrogen) atoms. The lowest BCUT2D eigenvalue weighted by molar-refractivity contribution is 0.0784. The number of pyridine rings is 1. The Labute approximate surface area is 148 Å². The molecule has 0 atom stereocenters. The highest BCUT2D eigenvalue weighted by atomic mass is 16.5. The number of hydrogen-bond donors (Lipinski definition) is 0. The highest BCUT2D eigenvalue weighted by molar-refractivity contribution is 5.94. The first kappa shape index (κ1) is 17.3. The lowest BCUT2D eigenvalue weighted by atomic mass is 10.1. The molecule has 0 unspecified atom stereocenters. The molecule has 1 fully saturated rings. The maximum atomic E-state index is 12.7. The van der Waals surface area contributed by atoms with Gasteiger partial charge in [-0.25, -0.2) is 0 Å². The molecule has 0 N–H and O–H groups in total. The lowest BCUT2D eigenvalue weighted by Gasteiger charge is -2.19. The van der Waals surface area contributed by atoms with Gasteiger partial charge in [-0.2, -0.15) is 0 Å². The van der Waals surface area contributed by atoms with E-state index in [9.17, 15) is 4.79 Å². The van der Waals surface area contributed by atoms with Crippen LogP contribution in [0, 0.1) is 0 Å². The number of carbonyl (C=O) groups is 1. The van der Waals surface area contributed by atoms with Gasteiger partial charge in [0.25, 0.3) is 5.91 Å². The van der Waals surface area contributed by atoms with Crippen molar-refractivity contribution in [1.29, 1.82) is 0 Å². The number of amides is 1. The number of benzene rings is 1. The first-order chi connectivity index (χ1) is 12.2. The fourth-order valence-electron chi connectivity index (χ4n) is 3.14. The Morgan fingerprint density at radius 1 is 1.24 bits per heavy atom. The predicted octanol–water partition coefficient (Wildman–Crippen LogP) is 3.68. The van der Waals surface area contributed by atoms with Gasteiger partial charge in [-0.3, -0.25) is 9.78 Å². The minimum Gasteiger partial charge on any atom is -0.493 e. The van der Waals surface area contributed by atoms with Gasteiger partial charge in [0.1, 0.15) is 0 Å². The van der Waals surface area contributed by atoms with Gasteiger partial charge in [0, 0.05) is 31.5 Å². The van der Waals surface area contributed by atoms with Crippen LogP contribution in [0.5, 0.6) is 11.5 Å². The molecule has 1 amide bonds. The van der Waals surface area contributed by atoms with E-state index in [-0.39, 0.29) is 12.0 Å². The smallest absolute Gasteiger partial charge is 0.254 e. The summed E-state index contributed by atoms with van der Waals surface area (Å²) in [4.78, 5) is 18.4. The molecule has 1 heterocycles. The normalized spacial score (nSPS) is 14.3. The van der Waals surface area contributed by atoms with Crippen LogP contribution >= 0.6 is 0 Å². The standard InChI is InChI=1S/C20H24N2O3/c1-22(14-15-6-5-11-21-13-15)20(23)16-9-10-18(19(12-16)24-2)25-17-7-3-4-8-17/h5-6,9-13,17H,3-4,7-8,14H2,1-2H3. The van der Waals surface area contributed by atoms with Crippen LogP contribution in [-0.2, 0) is 6.54 Å². The molecule has 1 aliphatic carbocycles. The summed E-state index contributed by atoms with van der Waals surface area (Å²) in [6.07, 6.45) is 8.33. The zero-order valence-electron chi connectivity index (χ0n) is 14.8. The fourth-order valence-corrected chi connectivity index (χ4v) is 3.14. The van der Waals surface area contributed by atoms with Gasteiger partial charge in [0.2, 0.25) is 0 Å². The largest absolute Gasteiger partial charge is 0.493 e. The van der Waals surface area contributed by atoms with Crippen molar-refractivity contribution in [3.05, 3.63) is 53.9 Å². The SMILES string of the molecule is COc1cc(C(=O)N(C)Cc2cccnc2)ccc1OC1CCCC1. The predicted molar refractivity (Wildman–Crippen MR) is 95.9 cm³/mol. The number of nitrogens with zero attached hydrogens (tertiary/aromatic N) is 2. The number of carbonyl (C=O) groups excluding carboxylic acids is 1. The summed E-state index contributed by atoms with van der Waals surface area (Å²) in [6.45, 7) is 0.509. The van der Waals surface area contributed by atoms with Crippen molar-refractivity contribution in [3.8, 4) is 11.5 Å². The van der Waals surface area contributed by atoms with Crippen molar-refractivity contribution < 1.29 is 14.3 Å². The van der Waals surface area contributed by atoms with Crippen LogP contribution in [0.1, 0.15) is 41.6 Å². The number of methoxy groups -OCH3 is 1. The van der Waals surface area contributed by atoms with E-state index in [0.717, 1.165) is 18.4 Å². The number of aromatic nitrogens is 1. The molecule has 3 rings (SSSR count). The Morgan fingerprint density at radius 2 is 2.04 bits per heavy atom. The van der Waals surface area contributed by atoms with E-state index in [1.54, 1.807) is 43.6 Å². The Balaban J connectivity index is 1.71. The van der Waals surface area contributed by atoms with Gasteiger partial charge >= 0.3 is 0 Å². The molecule has 2 aromatic rings. The molecule has 5 nitrogen and oxygen atoms in total. The molecule has 5 heteroatoms. The minimum atomic E-state index is -0.0606. The van der Waals surface area contributed by atoms with Gasteiger partial charge in [-0.15, -0.1) is 0 Å². The van der Waals surface area contributed by atoms with Crippen LogP contribution < -0.4 is 9.47 Å². The summed E-state index contributed by atoms with van der Waals surface area (Å²) in [5.41, 5.74) is 1.58. The first-order valence-electron chi connectivity index (χ1n) is 8.66.